The number of aromatic nitrogens is 4. The first-order chi connectivity index (χ1) is 16.2. The minimum Gasteiger partial charge on any atom is -0.379 e. The Morgan fingerprint density at radius 3 is 2.50 bits per heavy atom. The zero-order chi connectivity index (χ0) is 24.1. The maximum Gasteiger partial charge on any atom is 0.274 e. The summed E-state index contributed by atoms with van der Waals surface area (Å²) in [5.74, 6) is 1.52. The van der Waals surface area contributed by atoms with Crippen LogP contribution in [0.4, 0.5) is 5.69 Å². The molecule has 2 heterocycles. The first kappa shape index (κ1) is 22.6. The molecule has 2 N–H and O–H groups in total. The molecule has 4 aromatic rings. The van der Waals surface area contributed by atoms with Gasteiger partial charge in [-0.15, -0.1) is 6.58 Å². The molecule has 1 fully saturated rings. The Labute approximate surface area is 207 Å². The van der Waals surface area contributed by atoms with E-state index in [0.717, 1.165) is 15.7 Å². The number of hydrogen-bond donors (Lipinski definition) is 2. The van der Waals surface area contributed by atoms with E-state index in [0.29, 0.717) is 29.8 Å². The number of fused-ring (bicyclic) bond motifs is 1. The summed E-state index contributed by atoms with van der Waals surface area (Å²) in [7, 11) is 0. The van der Waals surface area contributed by atoms with E-state index in [9.17, 15) is 4.79 Å². The summed E-state index contributed by atoms with van der Waals surface area (Å²) in [6.07, 6.45) is 3.29. The molecule has 0 radical (unpaired) electrons. The van der Waals surface area contributed by atoms with Gasteiger partial charge in [-0.3, -0.25) is 9.89 Å². The average Bonchev–Trinajstić information content (AvgIpc) is 3.24. The minimum atomic E-state index is -0.191. The fourth-order valence-electron chi connectivity index (χ4n) is 5.71. The number of nitrogens with one attached hydrogen (secondary N) is 2. The molecule has 1 saturated carbocycles. The summed E-state index contributed by atoms with van der Waals surface area (Å²) in [5.41, 5.74) is 3.71. The maximum absolute atomic E-state index is 12.7. The number of hydrogen-bond acceptors (Lipinski definition) is 4. The lowest BCUT2D eigenvalue weighted by Gasteiger charge is -2.60. The molecular formula is C27H28BrN5O. The highest BCUT2D eigenvalue weighted by Gasteiger charge is 2.57. The second-order valence-corrected chi connectivity index (χ2v) is 10.7. The molecule has 0 saturated heterocycles. The fourth-order valence-corrected chi connectivity index (χ4v) is 5.98. The van der Waals surface area contributed by atoms with Gasteiger partial charge in [-0.2, -0.15) is 9.50 Å². The van der Waals surface area contributed by atoms with Crippen molar-refractivity contribution in [3.63, 3.8) is 0 Å². The number of H-pyrrole nitrogens is 1. The van der Waals surface area contributed by atoms with Gasteiger partial charge in [0, 0.05) is 27.2 Å². The molecule has 6 nitrogen and oxygen atoms in total. The largest absolute Gasteiger partial charge is 0.379 e. The predicted molar refractivity (Wildman–Crippen MR) is 140 cm³/mol. The number of anilines is 1. The Morgan fingerprint density at radius 1 is 1.18 bits per heavy atom. The van der Waals surface area contributed by atoms with E-state index in [1.165, 1.54) is 22.6 Å². The molecule has 2 aromatic carbocycles. The first-order valence-electron chi connectivity index (χ1n) is 11.5. The van der Waals surface area contributed by atoms with Gasteiger partial charge in [-0.05, 0) is 47.6 Å². The van der Waals surface area contributed by atoms with Gasteiger partial charge in [-0.25, -0.2) is 4.98 Å². The molecule has 1 aliphatic rings. The van der Waals surface area contributed by atoms with E-state index in [2.05, 4.69) is 94.0 Å². The highest BCUT2D eigenvalue weighted by atomic mass is 79.9. The van der Waals surface area contributed by atoms with Crippen LogP contribution in [0.2, 0.25) is 0 Å². The molecule has 0 aliphatic heterocycles. The van der Waals surface area contributed by atoms with Gasteiger partial charge >= 0.3 is 0 Å². The summed E-state index contributed by atoms with van der Waals surface area (Å²) in [6.45, 7) is 11.5. The number of aromatic amines is 1. The molecule has 0 bridgehead atoms. The smallest absolute Gasteiger partial charge is 0.274 e. The van der Waals surface area contributed by atoms with E-state index in [4.69, 9.17) is 0 Å². The Kier molecular flexibility index (Phi) is 5.47. The topological polar surface area (TPSA) is 75.1 Å². The van der Waals surface area contributed by atoms with Crippen molar-refractivity contribution in [3.05, 3.63) is 93.3 Å². The number of nitrogens with zero attached hydrogens (tertiary/aromatic N) is 3. The van der Waals surface area contributed by atoms with E-state index in [-0.39, 0.29) is 16.4 Å². The molecule has 0 spiro atoms. The predicted octanol–water partition coefficient (Wildman–Crippen LogP) is 5.95. The molecule has 2 aromatic heterocycles. The van der Waals surface area contributed by atoms with Crippen LogP contribution in [-0.4, -0.2) is 19.6 Å². The van der Waals surface area contributed by atoms with Gasteiger partial charge in [-0.1, -0.05) is 67.0 Å². The Hall–Kier alpha value is -3.19. The van der Waals surface area contributed by atoms with Crippen molar-refractivity contribution in [3.8, 4) is 11.4 Å². The van der Waals surface area contributed by atoms with Crippen LogP contribution in [0.15, 0.2) is 76.5 Å². The van der Waals surface area contributed by atoms with Gasteiger partial charge in [0.05, 0.1) is 12.2 Å². The summed E-state index contributed by atoms with van der Waals surface area (Å²) >= 11 is 3.43. The van der Waals surface area contributed by atoms with Crippen LogP contribution in [0.1, 0.15) is 38.4 Å². The van der Waals surface area contributed by atoms with Gasteiger partial charge in [0.15, 0.2) is 5.82 Å². The van der Waals surface area contributed by atoms with Crippen LogP contribution in [0.3, 0.4) is 0 Å². The number of benzene rings is 2. The maximum atomic E-state index is 12.7. The normalized spacial score (nSPS) is 21.2. The summed E-state index contributed by atoms with van der Waals surface area (Å²) < 4.78 is 2.40. The second kappa shape index (κ2) is 8.24. The fraction of sp³-hybridized carbons (Fsp3) is 0.296. The van der Waals surface area contributed by atoms with E-state index in [1.54, 1.807) is 0 Å². The Morgan fingerprint density at radius 2 is 1.88 bits per heavy atom. The van der Waals surface area contributed by atoms with Crippen molar-refractivity contribution >= 4 is 27.4 Å². The van der Waals surface area contributed by atoms with Crippen molar-refractivity contribution in [2.45, 2.75) is 39.2 Å². The Balaban J connectivity index is 1.41. The van der Waals surface area contributed by atoms with Crippen molar-refractivity contribution in [1.29, 1.82) is 0 Å². The standard InChI is InChI=1S/C27H28BrN5O/c1-5-27(17(2)15-26(27,3)4)19-8-6-18(7-9-19)24-31-25-30-22(14-23(34)33(25)32-24)16-29-21-12-10-20(28)11-13-21/h5-14,17,29H,1,15-16H2,2-4H3,(H,30,31,32). The van der Waals surface area contributed by atoms with Crippen molar-refractivity contribution < 1.29 is 0 Å². The highest BCUT2D eigenvalue weighted by Crippen LogP contribution is 2.62. The van der Waals surface area contributed by atoms with E-state index in [1.807, 2.05) is 24.3 Å². The van der Waals surface area contributed by atoms with Crippen LogP contribution < -0.4 is 10.9 Å². The van der Waals surface area contributed by atoms with Crippen LogP contribution in [-0.2, 0) is 12.0 Å². The molecule has 5 rings (SSSR count). The monoisotopic (exact) mass is 517 g/mol. The molecule has 7 heteroatoms. The third-order valence-electron chi connectivity index (χ3n) is 7.37. The highest BCUT2D eigenvalue weighted by molar-refractivity contribution is 9.10. The summed E-state index contributed by atoms with van der Waals surface area (Å²) in [6, 6.07) is 17.8. The summed E-state index contributed by atoms with van der Waals surface area (Å²) in [4.78, 5) is 21.9. The molecule has 2 atom stereocenters. The third-order valence-corrected chi connectivity index (χ3v) is 7.90. The average molecular weight is 518 g/mol. The lowest BCUT2D eigenvalue weighted by Crippen LogP contribution is -2.56. The van der Waals surface area contributed by atoms with E-state index < -0.39 is 0 Å². The Bertz CT molecular complexity index is 1420. The molecule has 1 aliphatic carbocycles. The van der Waals surface area contributed by atoms with Gasteiger partial charge in [0.25, 0.3) is 11.3 Å². The van der Waals surface area contributed by atoms with Crippen molar-refractivity contribution in [1.82, 2.24) is 19.6 Å². The quantitative estimate of drug-likeness (QED) is 0.310. The van der Waals surface area contributed by atoms with E-state index >= 15 is 0 Å². The summed E-state index contributed by atoms with van der Waals surface area (Å²) in [5, 5.41) is 6.39. The zero-order valence-electron chi connectivity index (χ0n) is 19.6. The van der Waals surface area contributed by atoms with Gasteiger partial charge < -0.3 is 5.32 Å². The second-order valence-electron chi connectivity index (χ2n) is 9.79. The lowest BCUT2D eigenvalue weighted by atomic mass is 9.43. The minimum absolute atomic E-state index is 0.0331. The number of rotatable bonds is 6. The van der Waals surface area contributed by atoms with Crippen molar-refractivity contribution in [2.75, 3.05) is 5.32 Å². The number of allylic oxidation sites excluding steroid dienone is 1. The van der Waals surface area contributed by atoms with Crippen LogP contribution >= 0.6 is 15.9 Å². The molecule has 2 unspecified atom stereocenters. The molecule has 34 heavy (non-hydrogen) atoms. The number of halogens is 1. The molecule has 174 valence electrons. The van der Waals surface area contributed by atoms with Crippen LogP contribution in [0.5, 0.6) is 0 Å². The molecule has 0 amide bonds. The third kappa shape index (κ3) is 3.59. The SMILES string of the molecule is C=CC1(c2ccc(-c3nc4nc(CNc5ccc(Br)cc5)cc(=O)n4[nH]3)cc2)C(C)CC1(C)C. The van der Waals surface area contributed by atoms with Gasteiger partial charge in [0.1, 0.15) is 0 Å². The van der Waals surface area contributed by atoms with Crippen LogP contribution in [0.25, 0.3) is 17.2 Å². The van der Waals surface area contributed by atoms with Crippen molar-refractivity contribution in [2.24, 2.45) is 11.3 Å². The van der Waals surface area contributed by atoms with Crippen LogP contribution in [0, 0.1) is 11.3 Å². The lowest BCUT2D eigenvalue weighted by molar-refractivity contribution is -0.00293. The van der Waals surface area contributed by atoms with Gasteiger partial charge in [0.2, 0.25) is 0 Å². The first-order valence-corrected chi connectivity index (χ1v) is 12.3. The zero-order valence-corrected chi connectivity index (χ0v) is 21.2. The molecular weight excluding hydrogens is 490 g/mol.